The maximum Gasteiger partial charge on any atom is 0.0278 e. The van der Waals surface area contributed by atoms with Gasteiger partial charge in [-0.1, -0.05) is 40.0 Å². The van der Waals surface area contributed by atoms with Gasteiger partial charge in [0.1, 0.15) is 0 Å². The Kier molecular flexibility index (Phi) is 7.49. The Hall–Kier alpha value is -0.120. The number of hydrogen-bond donors (Lipinski definition) is 2. The molecule has 1 heterocycles. The zero-order valence-corrected chi connectivity index (χ0v) is 14.5. The van der Waals surface area contributed by atoms with Gasteiger partial charge in [0.05, 0.1) is 0 Å². The van der Waals surface area contributed by atoms with Gasteiger partial charge < -0.3 is 10.6 Å². The summed E-state index contributed by atoms with van der Waals surface area (Å²) >= 11 is 0. The molecule has 0 radical (unpaired) electrons. The van der Waals surface area contributed by atoms with Gasteiger partial charge in [-0.2, -0.15) is 0 Å². The summed E-state index contributed by atoms with van der Waals surface area (Å²) in [4.78, 5) is 2.61. The van der Waals surface area contributed by atoms with Crippen LogP contribution in [-0.4, -0.2) is 49.7 Å². The molecule has 0 amide bonds. The zero-order valence-electron chi connectivity index (χ0n) is 14.5. The largest absolute Gasteiger partial charge is 0.314 e. The lowest BCUT2D eigenvalue weighted by Crippen LogP contribution is -2.57. The van der Waals surface area contributed by atoms with Crippen LogP contribution in [0.3, 0.4) is 0 Å². The molecule has 1 aliphatic rings. The van der Waals surface area contributed by atoms with Crippen molar-refractivity contribution >= 4 is 0 Å². The Morgan fingerprint density at radius 2 is 1.65 bits per heavy atom. The van der Waals surface area contributed by atoms with Crippen molar-refractivity contribution in [2.75, 3.05) is 39.3 Å². The molecule has 3 nitrogen and oxygen atoms in total. The number of rotatable bonds is 9. The number of hydrogen-bond acceptors (Lipinski definition) is 3. The summed E-state index contributed by atoms with van der Waals surface area (Å²) in [6.07, 6.45) is 5.39. The maximum atomic E-state index is 3.73. The van der Waals surface area contributed by atoms with E-state index in [0.29, 0.717) is 5.41 Å². The molecular formula is C17H37N3. The lowest BCUT2D eigenvalue weighted by Gasteiger charge is -2.42. The molecule has 0 atom stereocenters. The van der Waals surface area contributed by atoms with E-state index in [-0.39, 0.29) is 5.54 Å². The zero-order chi connectivity index (χ0) is 15.1. The van der Waals surface area contributed by atoms with E-state index in [1.165, 1.54) is 38.8 Å². The van der Waals surface area contributed by atoms with Crippen LogP contribution in [0.1, 0.15) is 60.3 Å². The highest BCUT2D eigenvalue weighted by Crippen LogP contribution is 2.23. The van der Waals surface area contributed by atoms with E-state index in [9.17, 15) is 0 Å². The summed E-state index contributed by atoms with van der Waals surface area (Å²) < 4.78 is 0. The van der Waals surface area contributed by atoms with E-state index in [2.05, 4.69) is 50.2 Å². The minimum atomic E-state index is 0.265. The van der Waals surface area contributed by atoms with E-state index < -0.39 is 0 Å². The third-order valence-corrected chi connectivity index (χ3v) is 4.59. The van der Waals surface area contributed by atoms with Gasteiger partial charge in [-0.05, 0) is 25.7 Å². The van der Waals surface area contributed by atoms with Crippen LogP contribution in [0.15, 0.2) is 0 Å². The van der Waals surface area contributed by atoms with Gasteiger partial charge in [-0.15, -0.1) is 0 Å². The van der Waals surface area contributed by atoms with E-state index in [0.717, 1.165) is 26.2 Å². The molecule has 0 unspecified atom stereocenters. The Labute approximate surface area is 126 Å². The van der Waals surface area contributed by atoms with Crippen LogP contribution in [0.2, 0.25) is 0 Å². The molecule has 3 heteroatoms. The molecule has 0 aromatic heterocycles. The second-order valence-corrected chi connectivity index (χ2v) is 7.77. The molecule has 0 saturated carbocycles. The molecular weight excluding hydrogens is 246 g/mol. The summed E-state index contributed by atoms with van der Waals surface area (Å²) in [5.74, 6) is 0. The fourth-order valence-electron chi connectivity index (χ4n) is 3.03. The molecule has 120 valence electrons. The molecule has 0 bridgehead atoms. The minimum Gasteiger partial charge on any atom is -0.314 e. The standard InChI is InChI=1S/C17H37N3/c1-6-7-8-9-16(2,3)14-19-15-17(4,5)20-12-10-18-11-13-20/h18-19H,6-15H2,1-5H3. The van der Waals surface area contributed by atoms with Crippen LogP contribution in [0.4, 0.5) is 0 Å². The molecule has 0 aromatic carbocycles. The van der Waals surface area contributed by atoms with Crippen LogP contribution in [0.25, 0.3) is 0 Å². The fourth-order valence-corrected chi connectivity index (χ4v) is 3.03. The second kappa shape index (κ2) is 8.35. The molecule has 1 aliphatic heterocycles. The van der Waals surface area contributed by atoms with Crippen molar-refractivity contribution in [2.45, 2.75) is 65.8 Å². The SMILES string of the molecule is CCCCCC(C)(C)CNCC(C)(C)N1CCNCC1. The normalized spacial score (nSPS) is 18.4. The van der Waals surface area contributed by atoms with E-state index in [1.54, 1.807) is 0 Å². The topological polar surface area (TPSA) is 27.3 Å². The molecule has 0 aromatic rings. The molecule has 2 N–H and O–H groups in total. The van der Waals surface area contributed by atoms with Crippen molar-refractivity contribution in [2.24, 2.45) is 5.41 Å². The summed E-state index contributed by atoms with van der Waals surface area (Å²) in [6, 6.07) is 0. The summed E-state index contributed by atoms with van der Waals surface area (Å²) in [5.41, 5.74) is 0.691. The highest BCUT2D eigenvalue weighted by atomic mass is 15.2. The van der Waals surface area contributed by atoms with Crippen LogP contribution in [0, 0.1) is 5.41 Å². The highest BCUT2D eigenvalue weighted by Gasteiger charge is 2.28. The van der Waals surface area contributed by atoms with Crippen LogP contribution in [0.5, 0.6) is 0 Å². The predicted octanol–water partition coefficient (Wildman–Crippen LogP) is 2.87. The van der Waals surface area contributed by atoms with Crippen LogP contribution in [-0.2, 0) is 0 Å². The predicted molar refractivity (Wildman–Crippen MR) is 89.3 cm³/mol. The van der Waals surface area contributed by atoms with Crippen molar-refractivity contribution < 1.29 is 0 Å². The maximum absolute atomic E-state index is 3.73. The average Bonchev–Trinajstić information content (AvgIpc) is 2.39. The van der Waals surface area contributed by atoms with Crippen molar-refractivity contribution in [3.63, 3.8) is 0 Å². The fraction of sp³-hybridized carbons (Fsp3) is 1.00. The molecule has 0 aliphatic carbocycles. The molecule has 0 spiro atoms. The lowest BCUT2D eigenvalue weighted by molar-refractivity contribution is 0.0990. The number of nitrogens with zero attached hydrogens (tertiary/aromatic N) is 1. The van der Waals surface area contributed by atoms with Gasteiger partial charge in [0.15, 0.2) is 0 Å². The number of unbranched alkanes of at least 4 members (excludes halogenated alkanes) is 2. The average molecular weight is 284 g/mol. The first kappa shape index (κ1) is 17.9. The van der Waals surface area contributed by atoms with Gasteiger partial charge in [-0.3, -0.25) is 4.90 Å². The van der Waals surface area contributed by atoms with E-state index >= 15 is 0 Å². The van der Waals surface area contributed by atoms with Gasteiger partial charge in [-0.25, -0.2) is 0 Å². The highest BCUT2D eigenvalue weighted by molar-refractivity contribution is 4.87. The van der Waals surface area contributed by atoms with Gasteiger partial charge in [0.2, 0.25) is 0 Å². The molecule has 20 heavy (non-hydrogen) atoms. The Morgan fingerprint density at radius 1 is 1.00 bits per heavy atom. The first-order valence-electron chi connectivity index (χ1n) is 8.54. The quantitative estimate of drug-likeness (QED) is 0.637. The Bertz CT molecular complexity index is 255. The third-order valence-electron chi connectivity index (χ3n) is 4.59. The number of piperazine rings is 1. The van der Waals surface area contributed by atoms with Crippen molar-refractivity contribution in [1.82, 2.24) is 15.5 Å². The van der Waals surface area contributed by atoms with Crippen LogP contribution < -0.4 is 10.6 Å². The Morgan fingerprint density at radius 3 is 2.25 bits per heavy atom. The first-order valence-corrected chi connectivity index (χ1v) is 8.54. The summed E-state index contributed by atoms with van der Waals surface area (Å²) in [5, 5.41) is 7.16. The van der Waals surface area contributed by atoms with Gasteiger partial charge in [0.25, 0.3) is 0 Å². The van der Waals surface area contributed by atoms with Gasteiger partial charge >= 0.3 is 0 Å². The van der Waals surface area contributed by atoms with E-state index in [4.69, 9.17) is 0 Å². The molecule has 1 fully saturated rings. The minimum absolute atomic E-state index is 0.265. The second-order valence-electron chi connectivity index (χ2n) is 7.77. The van der Waals surface area contributed by atoms with Crippen LogP contribution >= 0.6 is 0 Å². The summed E-state index contributed by atoms with van der Waals surface area (Å²) in [6.45, 7) is 18.6. The van der Waals surface area contributed by atoms with E-state index in [1.807, 2.05) is 0 Å². The van der Waals surface area contributed by atoms with Crippen molar-refractivity contribution in [1.29, 1.82) is 0 Å². The number of nitrogens with one attached hydrogen (secondary N) is 2. The smallest absolute Gasteiger partial charge is 0.0278 e. The van der Waals surface area contributed by atoms with Crippen molar-refractivity contribution in [3.05, 3.63) is 0 Å². The Balaban J connectivity index is 2.26. The lowest BCUT2D eigenvalue weighted by atomic mass is 9.86. The monoisotopic (exact) mass is 283 g/mol. The molecule has 1 saturated heterocycles. The first-order chi connectivity index (χ1) is 9.37. The third kappa shape index (κ3) is 6.55. The van der Waals surface area contributed by atoms with Crippen molar-refractivity contribution in [3.8, 4) is 0 Å². The van der Waals surface area contributed by atoms with Gasteiger partial charge in [0, 0.05) is 44.8 Å². The molecule has 1 rings (SSSR count). The summed E-state index contributed by atoms with van der Waals surface area (Å²) in [7, 11) is 0.